The summed E-state index contributed by atoms with van der Waals surface area (Å²) in [4.78, 5) is 23.1. The van der Waals surface area contributed by atoms with E-state index in [0.717, 1.165) is 25.9 Å². The van der Waals surface area contributed by atoms with E-state index in [1.807, 2.05) is 12.2 Å². The number of carbonyl (C=O) groups excluding carboxylic acids is 1. The molecule has 20 heavy (non-hydrogen) atoms. The van der Waals surface area contributed by atoms with Crippen LogP contribution in [0.25, 0.3) is 0 Å². The lowest BCUT2D eigenvalue weighted by molar-refractivity contribution is -0.147. The molecule has 0 aromatic heterocycles. The van der Waals surface area contributed by atoms with Gasteiger partial charge in [0, 0.05) is 19.8 Å². The first-order valence-electron chi connectivity index (χ1n) is 7.40. The van der Waals surface area contributed by atoms with Crippen LogP contribution >= 0.6 is 0 Å². The van der Waals surface area contributed by atoms with Gasteiger partial charge in [-0.15, -0.1) is 0 Å². The van der Waals surface area contributed by atoms with Crippen LogP contribution in [-0.2, 0) is 14.3 Å². The number of carbonyl (C=O) groups is 2. The van der Waals surface area contributed by atoms with Crippen LogP contribution < -0.4 is 5.32 Å². The normalized spacial score (nSPS) is 21.6. The number of unbranched alkanes of at least 4 members (excludes halogenated alkanes) is 1. The molecule has 1 rings (SSSR count). The zero-order chi connectivity index (χ0) is 14.8. The summed E-state index contributed by atoms with van der Waals surface area (Å²) in [6.07, 6.45) is 7.60. The third-order valence-corrected chi connectivity index (χ3v) is 3.49. The van der Waals surface area contributed by atoms with E-state index < -0.39 is 17.8 Å². The largest absolute Gasteiger partial charge is 0.481 e. The van der Waals surface area contributed by atoms with Gasteiger partial charge in [0.1, 0.15) is 0 Å². The summed E-state index contributed by atoms with van der Waals surface area (Å²) in [6.45, 7) is 4.05. The number of amides is 1. The second-order valence-corrected chi connectivity index (χ2v) is 5.10. The lowest BCUT2D eigenvalue weighted by Crippen LogP contribution is -2.39. The highest BCUT2D eigenvalue weighted by Crippen LogP contribution is 2.25. The number of allylic oxidation sites excluding steroid dienone is 2. The van der Waals surface area contributed by atoms with E-state index in [9.17, 15) is 9.59 Å². The van der Waals surface area contributed by atoms with Crippen molar-refractivity contribution in [3.8, 4) is 0 Å². The quantitative estimate of drug-likeness (QED) is 0.501. The minimum atomic E-state index is -0.891. The molecular formula is C15H25NO4. The number of carboxylic acids is 1. The molecule has 0 saturated heterocycles. The van der Waals surface area contributed by atoms with Crippen LogP contribution in [0.4, 0.5) is 0 Å². The first kappa shape index (κ1) is 16.7. The fraction of sp³-hybridized carbons (Fsp3) is 0.733. The first-order valence-corrected chi connectivity index (χ1v) is 7.40. The Morgan fingerprint density at radius 2 is 1.85 bits per heavy atom. The predicted molar refractivity (Wildman–Crippen MR) is 76.3 cm³/mol. The van der Waals surface area contributed by atoms with Gasteiger partial charge < -0.3 is 15.2 Å². The van der Waals surface area contributed by atoms with E-state index in [2.05, 4.69) is 12.2 Å². The molecular weight excluding hydrogens is 258 g/mol. The molecule has 2 N–H and O–H groups in total. The molecule has 0 bridgehead atoms. The summed E-state index contributed by atoms with van der Waals surface area (Å²) in [5, 5.41) is 11.9. The minimum Gasteiger partial charge on any atom is -0.481 e. The number of carboxylic acid groups (broad SMARTS) is 1. The summed E-state index contributed by atoms with van der Waals surface area (Å²) < 4.78 is 5.40. The van der Waals surface area contributed by atoms with Gasteiger partial charge >= 0.3 is 5.97 Å². The van der Waals surface area contributed by atoms with Gasteiger partial charge in [-0.3, -0.25) is 9.59 Å². The average Bonchev–Trinajstić information content (AvgIpc) is 2.46. The van der Waals surface area contributed by atoms with Gasteiger partial charge in [0.15, 0.2) is 0 Å². The molecule has 0 spiro atoms. The van der Waals surface area contributed by atoms with Crippen molar-refractivity contribution >= 4 is 11.9 Å². The number of aliphatic carboxylic acids is 1. The molecule has 0 unspecified atom stereocenters. The van der Waals surface area contributed by atoms with Crippen LogP contribution in [0, 0.1) is 11.8 Å². The van der Waals surface area contributed by atoms with Crippen LogP contribution in [-0.4, -0.2) is 36.7 Å². The summed E-state index contributed by atoms with van der Waals surface area (Å²) in [7, 11) is 0. The molecule has 0 aromatic carbocycles. The van der Waals surface area contributed by atoms with Crippen molar-refractivity contribution < 1.29 is 19.4 Å². The van der Waals surface area contributed by atoms with Crippen LogP contribution in [0.5, 0.6) is 0 Å². The summed E-state index contributed by atoms with van der Waals surface area (Å²) in [5.74, 6) is -2.09. The Morgan fingerprint density at radius 3 is 2.50 bits per heavy atom. The zero-order valence-electron chi connectivity index (χ0n) is 12.1. The van der Waals surface area contributed by atoms with Crippen LogP contribution in [0.2, 0.25) is 0 Å². The van der Waals surface area contributed by atoms with E-state index in [4.69, 9.17) is 9.84 Å². The Bertz CT molecular complexity index is 341. The fourth-order valence-electron chi connectivity index (χ4n) is 2.24. The smallest absolute Gasteiger partial charge is 0.307 e. The van der Waals surface area contributed by atoms with E-state index in [-0.39, 0.29) is 5.91 Å². The van der Waals surface area contributed by atoms with Crippen molar-refractivity contribution in [2.75, 3.05) is 19.8 Å². The predicted octanol–water partition coefficient (Wildman–Crippen LogP) is 1.98. The Hall–Kier alpha value is -1.36. The fourth-order valence-corrected chi connectivity index (χ4v) is 2.24. The Kier molecular flexibility index (Phi) is 7.95. The maximum absolute atomic E-state index is 12.0. The highest BCUT2D eigenvalue weighted by atomic mass is 16.5. The number of rotatable bonds is 9. The second kappa shape index (κ2) is 9.53. The molecule has 0 fully saturated rings. The van der Waals surface area contributed by atoms with Gasteiger partial charge in [-0.2, -0.15) is 0 Å². The van der Waals surface area contributed by atoms with E-state index >= 15 is 0 Å². The Labute approximate surface area is 120 Å². The van der Waals surface area contributed by atoms with Gasteiger partial charge in [0.2, 0.25) is 5.91 Å². The van der Waals surface area contributed by atoms with Gasteiger partial charge in [-0.25, -0.2) is 0 Å². The van der Waals surface area contributed by atoms with Crippen LogP contribution in [0.1, 0.15) is 39.0 Å². The number of nitrogens with one attached hydrogen (secondary N) is 1. The summed E-state index contributed by atoms with van der Waals surface area (Å²) >= 11 is 0. The molecule has 0 radical (unpaired) electrons. The van der Waals surface area contributed by atoms with E-state index in [0.29, 0.717) is 26.0 Å². The van der Waals surface area contributed by atoms with Crippen LogP contribution in [0.3, 0.4) is 0 Å². The lowest BCUT2D eigenvalue weighted by atomic mass is 9.82. The minimum absolute atomic E-state index is 0.157. The molecule has 5 nitrogen and oxygen atoms in total. The third kappa shape index (κ3) is 5.74. The monoisotopic (exact) mass is 283 g/mol. The molecule has 0 saturated carbocycles. The molecule has 5 heteroatoms. The molecule has 0 aromatic rings. The molecule has 0 aliphatic heterocycles. The van der Waals surface area contributed by atoms with E-state index in [1.54, 1.807) is 0 Å². The molecule has 114 valence electrons. The van der Waals surface area contributed by atoms with Crippen molar-refractivity contribution in [1.82, 2.24) is 5.32 Å². The topological polar surface area (TPSA) is 75.6 Å². The van der Waals surface area contributed by atoms with Crippen molar-refractivity contribution in [3.63, 3.8) is 0 Å². The average molecular weight is 283 g/mol. The van der Waals surface area contributed by atoms with Gasteiger partial charge in [0.05, 0.1) is 11.8 Å². The molecule has 1 aliphatic rings. The standard InChI is InChI=1S/C15H25NO4/c1-2-3-10-20-11-6-9-16-14(17)12-7-4-5-8-13(12)15(18)19/h4-5,12-13H,2-3,6-11H2,1H3,(H,16,17)(H,18,19)/t12-,13+/m1/s1. The number of hydrogen-bond acceptors (Lipinski definition) is 3. The van der Waals surface area contributed by atoms with E-state index in [1.165, 1.54) is 0 Å². The maximum Gasteiger partial charge on any atom is 0.307 e. The van der Waals surface area contributed by atoms with Crippen LogP contribution in [0.15, 0.2) is 12.2 Å². The Morgan fingerprint density at radius 1 is 1.20 bits per heavy atom. The number of hydrogen-bond donors (Lipinski definition) is 2. The number of ether oxygens (including phenoxy) is 1. The SMILES string of the molecule is CCCCOCCCNC(=O)[C@@H]1CC=CC[C@@H]1C(=O)O. The molecule has 0 heterocycles. The lowest BCUT2D eigenvalue weighted by Gasteiger charge is -2.24. The second-order valence-electron chi connectivity index (χ2n) is 5.10. The zero-order valence-corrected chi connectivity index (χ0v) is 12.1. The maximum atomic E-state index is 12.0. The molecule has 1 aliphatic carbocycles. The van der Waals surface area contributed by atoms with Gasteiger partial charge in [-0.05, 0) is 25.7 Å². The summed E-state index contributed by atoms with van der Waals surface area (Å²) in [5.41, 5.74) is 0. The Balaban J connectivity index is 2.21. The van der Waals surface area contributed by atoms with Crippen molar-refractivity contribution in [3.05, 3.63) is 12.2 Å². The highest BCUT2D eigenvalue weighted by Gasteiger charge is 2.33. The third-order valence-electron chi connectivity index (χ3n) is 3.49. The summed E-state index contributed by atoms with van der Waals surface area (Å²) in [6, 6.07) is 0. The molecule has 1 amide bonds. The van der Waals surface area contributed by atoms with Gasteiger partial charge in [0.25, 0.3) is 0 Å². The first-order chi connectivity index (χ1) is 9.66. The van der Waals surface area contributed by atoms with Crippen molar-refractivity contribution in [2.24, 2.45) is 11.8 Å². The molecule has 2 atom stereocenters. The van der Waals surface area contributed by atoms with Crippen molar-refractivity contribution in [1.29, 1.82) is 0 Å². The van der Waals surface area contributed by atoms with Gasteiger partial charge in [-0.1, -0.05) is 25.5 Å². The van der Waals surface area contributed by atoms with Crippen molar-refractivity contribution in [2.45, 2.75) is 39.0 Å². The highest BCUT2D eigenvalue weighted by molar-refractivity contribution is 5.85.